The van der Waals surface area contributed by atoms with E-state index >= 15 is 0 Å². The van der Waals surface area contributed by atoms with Gasteiger partial charge >= 0.3 is 241 Å². The Labute approximate surface area is 236 Å². The van der Waals surface area contributed by atoms with Crippen molar-refractivity contribution in [3.05, 3.63) is 70.8 Å². The van der Waals surface area contributed by atoms with Crippen molar-refractivity contribution in [1.29, 1.82) is 0 Å². The molecule has 0 atom stereocenters. The van der Waals surface area contributed by atoms with E-state index in [1.165, 1.54) is 17.5 Å². The third kappa shape index (κ3) is 16.5. The first-order valence-electron chi connectivity index (χ1n) is 10.6. The summed E-state index contributed by atoms with van der Waals surface area (Å²) in [6.45, 7) is 0. The van der Waals surface area contributed by atoms with E-state index in [0.717, 1.165) is 0 Å². The van der Waals surface area contributed by atoms with Crippen molar-refractivity contribution in [2.24, 2.45) is 0 Å². The van der Waals surface area contributed by atoms with E-state index < -0.39 is 80.8 Å². The molecule has 0 aromatic heterocycles. The maximum absolute atomic E-state index is 3.84. The van der Waals surface area contributed by atoms with Crippen molar-refractivity contribution in [3.63, 3.8) is 0 Å². The molecule has 0 nitrogen and oxygen atoms in total. The van der Waals surface area contributed by atoms with E-state index in [1.807, 2.05) is 0 Å². The Morgan fingerprint density at radius 2 is 0.633 bits per heavy atom. The minimum absolute atomic E-state index is 0.958. The van der Waals surface area contributed by atoms with E-state index in [4.69, 9.17) is 0 Å². The van der Waals surface area contributed by atoms with Crippen LogP contribution in [0.1, 0.15) is 22.3 Å². The van der Waals surface area contributed by atoms with Gasteiger partial charge in [0.05, 0.1) is 0 Å². The van der Waals surface area contributed by atoms with E-state index in [1.54, 1.807) is 42.7 Å². The number of rotatable bonds is 8. The van der Waals surface area contributed by atoms with Gasteiger partial charge in [-0.1, -0.05) is 0 Å². The molecule has 0 bridgehead atoms. The van der Waals surface area contributed by atoms with Gasteiger partial charge in [-0.15, -0.1) is 0 Å². The van der Waals surface area contributed by atoms with Crippen molar-refractivity contribution in [2.75, 3.05) is 0 Å². The molecule has 0 amide bonds. The Morgan fingerprint density at radius 3 is 0.767 bits per heavy atom. The van der Waals surface area contributed by atoms with Crippen LogP contribution in [0.3, 0.4) is 0 Å². The first kappa shape index (κ1) is 32.9. The van der Waals surface area contributed by atoms with Crippen LogP contribution in [-0.4, -0.2) is 80.8 Å². The molecule has 0 saturated heterocycles. The van der Waals surface area contributed by atoms with Gasteiger partial charge in [0.15, 0.2) is 0 Å². The topological polar surface area (TPSA) is 0 Å². The van der Waals surface area contributed by atoms with Crippen LogP contribution in [0.4, 0.5) is 0 Å². The van der Waals surface area contributed by atoms with E-state index in [9.17, 15) is 0 Å². The van der Waals surface area contributed by atoms with Gasteiger partial charge in [-0.05, 0) is 0 Å². The molecule has 0 saturated carbocycles. The molecule has 30 heavy (non-hydrogen) atoms. The Balaban J connectivity index is 0.000000518. The van der Waals surface area contributed by atoms with Crippen molar-refractivity contribution >= 4 is 101 Å². The SMILES string of the molecule is [CH3][SbH]([CH3])[CH2]c1ccccc1[CH2][SbH]([CH3])[CH3].[CH3][SbH]([CH3])[CH2]c1ccccc1[CH2][SbH]([CH3])[CH3].[Ni][I]. The predicted octanol–water partition coefficient (Wildman–Crippen LogP) is 6.53. The van der Waals surface area contributed by atoms with Crippen LogP contribution >= 0.6 is 20.5 Å². The summed E-state index contributed by atoms with van der Waals surface area (Å²) in [5, 5.41) is 0. The maximum atomic E-state index is 3.84. The van der Waals surface area contributed by atoms with Gasteiger partial charge in [0, 0.05) is 0 Å². The average molecular weight is 1010 g/mol. The number of hydrogen-bond donors (Lipinski definition) is 0. The van der Waals surface area contributed by atoms with Gasteiger partial charge in [0.2, 0.25) is 0 Å². The summed E-state index contributed by atoms with van der Waals surface area (Å²) in [5.74, 6) is 0. The zero-order valence-corrected chi connectivity index (χ0v) is 34.7. The molecule has 0 spiro atoms. The molecule has 0 aliphatic heterocycles. The Hall–Kier alpha value is 2.94. The summed E-state index contributed by atoms with van der Waals surface area (Å²) in [6.07, 6.45) is 0. The van der Waals surface area contributed by atoms with Crippen LogP contribution in [0.15, 0.2) is 48.5 Å². The fourth-order valence-corrected chi connectivity index (χ4v) is 16.0. The Bertz CT molecular complexity index is 573. The van der Waals surface area contributed by atoms with Crippen LogP contribution in [0, 0.1) is 0 Å². The van der Waals surface area contributed by atoms with Gasteiger partial charge in [0.25, 0.3) is 0 Å². The molecule has 6 heteroatoms. The van der Waals surface area contributed by atoms with Gasteiger partial charge in [-0.3, -0.25) is 0 Å². The summed E-state index contributed by atoms with van der Waals surface area (Å²) >= 11 is 1.79. The average Bonchev–Trinajstić information content (AvgIpc) is 2.66. The summed E-state index contributed by atoms with van der Waals surface area (Å²) in [5.41, 5.74) is 6.70. The molecule has 0 N–H and O–H groups in total. The molecule has 0 unspecified atom stereocenters. The first-order valence-corrected chi connectivity index (χ1v) is 44.7. The van der Waals surface area contributed by atoms with Crippen LogP contribution in [0.5, 0.6) is 0 Å². The van der Waals surface area contributed by atoms with Crippen molar-refractivity contribution in [2.45, 2.75) is 56.4 Å². The van der Waals surface area contributed by atoms with Gasteiger partial charge < -0.3 is 0 Å². The van der Waals surface area contributed by atoms with Crippen LogP contribution in [0.2, 0.25) is 39.0 Å². The summed E-state index contributed by atoms with van der Waals surface area (Å²) in [4.78, 5) is 20.0. The fraction of sp³-hybridized carbons (Fsp3) is 0.500. The molecule has 0 fully saturated rings. The molecule has 0 aliphatic carbocycles. The molecule has 177 valence electrons. The number of halogens is 1. The molecule has 2 aromatic rings. The summed E-state index contributed by atoms with van der Waals surface area (Å²) in [6, 6.07) is 18.3. The Morgan fingerprint density at radius 1 is 0.467 bits per heavy atom. The van der Waals surface area contributed by atoms with Crippen LogP contribution in [0.25, 0.3) is 0 Å². The first-order chi connectivity index (χ1) is 14.2. The van der Waals surface area contributed by atoms with Crippen molar-refractivity contribution < 1.29 is 12.3 Å². The third-order valence-corrected chi connectivity index (χ3v) is 16.8. The molecular formula is C24H44INiSb4. The summed E-state index contributed by atoms with van der Waals surface area (Å²) < 4.78 is 5.76. The van der Waals surface area contributed by atoms with Gasteiger partial charge in [0.1, 0.15) is 0 Å². The minimum atomic E-state index is -0.958. The standard InChI is InChI=1S/2C8H8.8CH3.HI.Ni.4Sb.4H/c2*1-7-5-3-4-6-8(7)2;;;;;;;;;;;;;;;;;;/h2*3-6H,1-2H2;8*1H3;1H;;;;;;;;;/q;;;;;;;;;;;+1;;;;;;;;/p-1. The molecule has 2 aromatic carbocycles. The second-order valence-corrected chi connectivity index (χ2v) is 40.7. The fourth-order valence-electron chi connectivity index (χ4n) is 3.33. The van der Waals surface area contributed by atoms with Gasteiger partial charge in [-0.25, -0.2) is 0 Å². The Kier molecular flexibility index (Phi) is 22.1. The molecule has 0 aliphatic rings. The van der Waals surface area contributed by atoms with E-state index in [-0.39, 0.29) is 0 Å². The number of benzene rings is 2. The molecular weight excluding hydrogens is 961 g/mol. The molecule has 2 rings (SSSR count). The number of hydrogen-bond acceptors (Lipinski definition) is 0. The van der Waals surface area contributed by atoms with Crippen LogP contribution in [-0.2, 0) is 29.8 Å². The van der Waals surface area contributed by atoms with Crippen LogP contribution < -0.4 is 0 Å². The van der Waals surface area contributed by atoms with E-state index in [2.05, 4.69) is 99.8 Å². The van der Waals surface area contributed by atoms with Crippen molar-refractivity contribution in [3.8, 4) is 0 Å². The molecule has 0 heterocycles. The zero-order valence-electron chi connectivity index (χ0n) is 20.1. The summed E-state index contributed by atoms with van der Waals surface area (Å²) in [7, 11) is 0. The second kappa shape index (κ2) is 20.2. The van der Waals surface area contributed by atoms with Crippen molar-refractivity contribution in [1.82, 2.24) is 0 Å². The van der Waals surface area contributed by atoms with Gasteiger partial charge in [-0.2, -0.15) is 0 Å². The van der Waals surface area contributed by atoms with E-state index in [0.29, 0.717) is 0 Å². The second-order valence-electron chi connectivity index (χ2n) is 9.07. The quantitative estimate of drug-likeness (QED) is 0.209. The zero-order chi connectivity index (χ0) is 23.1. The predicted molar refractivity (Wildman–Crippen MR) is 157 cm³/mol. The third-order valence-electron chi connectivity index (χ3n) is 4.41. The monoisotopic (exact) mass is 1000 g/mol. The molecule has 4 radical (unpaired) electrons. The normalized spacial score (nSPS) is 10.8.